The van der Waals surface area contributed by atoms with Crippen LogP contribution in [0.5, 0.6) is 0 Å². The van der Waals surface area contributed by atoms with E-state index >= 15 is 0 Å². The highest BCUT2D eigenvalue weighted by Gasteiger charge is 2.06. The smallest absolute Gasteiger partial charge is 0.335 e. The van der Waals surface area contributed by atoms with Crippen LogP contribution in [0.1, 0.15) is 10.4 Å². The zero-order valence-electron chi connectivity index (χ0n) is 10.3. The van der Waals surface area contributed by atoms with Crippen molar-refractivity contribution < 1.29 is 14.7 Å². The van der Waals surface area contributed by atoms with E-state index in [1.165, 1.54) is 12.1 Å². The van der Waals surface area contributed by atoms with Crippen molar-refractivity contribution in [1.29, 1.82) is 0 Å². The first-order valence-corrected chi connectivity index (χ1v) is 6.20. The van der Waals surface area contributed by atoms with Crippen molar-refractivity contribution in [1.82, 2.24) is 0 Å². The van der Waals surface area contributed by atoms with Gasteiger partial charge in [-0.1, -0.05) is 6.07 Å². The molecule has 0 aromatic heterocycles. The number of amides is 2. The molecule has 2 rings (SSSR count). The van der Waals surface area contributed by atoms with E-state index in [0.29, 0.717) is 11.4 Å². The molecule has 2 aromatic rings. The minimum absolute atomic E-state index is 0.113. The Hall–Kier alpha value is -2.47. The second-order valence-electron chi connectivity index (χ2n) is 4.01. The van der Waals surface area contributed by atoms with Crippen LogP contribution in [-0.4, -0.2) is 17.1 Å². The number of carboxylic acids is 1. The molecular formula is C14H12N2O3S. The van der Waals surface area contributed by atoms with Crippen LogP contribution in [0, 0.1) is 0 Å². The van der Waals surface area contributed by atoms with Gasteiger partial charge in [-0.05, 0) is 42.5 Å². The lowest BCUT2D eigenvalue weighted by molar-refractivity contribution is 0.0697. The number of rotatable bonds is 3. The van der Waals surface area contributed by atoms with E-state index in [-0.39, 0.29) is 5.56 Å². The van der Waals surface area contributed by atoms with Crippen LogP contribution in [0.25, 0.3) is 0 Å². The second kappa shape index (κ2) is 6.12. The zero-order chi connectivity index (χ0) is 14.5. The highest BCUT2D eigenvalue weighted by atomic mass is 32.1. The highest BCUT2D eigenvalue weighted by Crippen LogP contribution is 2.14. The number of hydrogen-bond acceptors (Lipinski definition) is 3. The van der Waals surface area contributed by atoms with E-state index in [2.05, 4.69) is 23.3 Å². The summed E-state index contributed by atoms with van der Waals surface area (Å²) >= 11 is 4.15. The Morgan fingerprint density at radius 2 is 1.60 bits per heavy atom. The number of anilines is 2. The third kappa shape index (κ3) is 3.76. The molecule has 0 aliphatic rings. The van der Waals surface area contributed by atoms with Gasteiger partial charge in [-0.15, -0.1) is 12.6 Å². The first-order chi connectivity index (χ1) is 9.54. The molecule has 0 heterocycles. The van der Waals surface area contributed by atoms with Gasteiger partial charge in [0.25, 0.3) is 0 Å². The Morgan fingerprint density at radius 1 is 0.950 bits per heavy atom. The number of carboxylic acid groups (broad SMARTS) is 1. The van der Waals surface area contributed by atoms with Gasteiger partial charge in [0.15, 0.2) is 0 Å². The van der Waals surface area contributed by atoms with Crippen LogP contribution in [0.3, 0.4) is 0 Å². The standard InChI is InChI=1S/C14H12N2O3S/c17-13(18)9-2-1-3-11(8-9)16-14(19)15-10-4-6-12(20)7-5-10/h1-8,20H,(H,17,18)(H2,15,16,19). The minimum Gasteiger partial charge on any atom is -0.478 e. The molecule has 6 heteroatoms. The number of carbonyl (C=O) groups is 2. The third-order valence-electron chi connectivity index (χ3n) is 2.49. The second-order valence-corrected chi connectivity index (χ2v) is 4.53. The largest absolute Gasteiger partial charge is 0.478 e. The molecule has 2 aromatic carbocycles. The van der Waals surface area contributed by atoms with Gasteiger partial charge in [0.05, 0.1) is 5.56 Å². The minimum atomic E-state index is -1.04. The monoisotopic (exact) mass is 288 g/mol. The molecule has 0 unspecified atom stereocenters. The predicted molar refractivity (Wildman–Crippen MR) is 79.7 cm³/mol. The van der Waals surface area contributed by atoms with Gasteiger partial charge in [0.2, 0.25) is 0 Å². The molecule has 102 valence electrons. The highest BCUT2D eigenvalue weighted by molar-refractivity contribution is 7.80. The van der Waals surface area contributed by atoms with E-state index in [1.54, 1.807) is 36.4 Å². The van der Waals surface area contributed by atoms with Crippen LogP contribution in [0.15, 0.2) is 53.4 Å². The van der Waals surface area contributed by atoms with E-state index in [4.69, 9.17) is 5.11 Å². The van der Waals surface area contributed by atoms with Crippen LogP contribution < -0.4 is 10.6 Å². The van der Waals surface area contributed by atoms with Gasteiger partial charge in [0, 0.05) is 16.3 Å². The van der Waals surface area contributed by atoms with Crippen LogP contribution in [-0.2, 0) is 0 Å². The predicted octanol–water partition coefficient (Wildman–Crippen LogP) is 3.32. The average molecular weight is 288 g/mol. The lowest BCUT2D eigenvalue weighted by Crippen LogP contribution is -2.19. The van der Waals surface area contributed by atoms with E-state index in [1.807, 2.05) is 0 Å². The fourth-order valence-corrected chi connectivity index (χ4v) is 1.72. The number of aromatic carboxylic acids is 1. The van der Waals surface area contributed by atoms with Crippen molar-refractivity contribution in [3.63, 3.8) is 0 Å². The number of thiol groups is 1. The molecule has 0 saturated carbocycles. The summed E-state index contributed by atoms with van der Waals surface area (Å²) in [7, 11) is 0. The van der Waals surface area contributed by atoms with Crippen LogP contribution in [0.4, 0.5) is 16.2 Å². The average Bonchev–Trinajstić information content (AvgIpc) is 2.41. The molecule has 0 spiro atoms. The van der Waals surface area contributed by atoms with Crippen molar-refractivity contribution >= 4 is 36.0 Å². The Bertz CT molecular complexity index is 641. The number of nitrogens with one attached hydrogen (secondary N) is 2. The Balaban J connectivity index is 2.02. The van der Waals surface area contributed by atoms with Crippen molar-refractivity contribution in [3.05, 3.63) is 54.1 Å². The Kier molecular flexibility index (Phi) is 4.27. The molecular weight excluding hydrogens is 276 g/mol. The summed E-state index contributed by atoms with van der Waals surface area (Å²) in [5.41, 5.74) is 1.14. The molecule has 3 N–H and O–H groups in total. The molecule has 0 radical (unpaired) electrons. The maximum atomic E-state index is 11.8. The summed E-state index contributed by atoms with van der Waals surface area (Å²) < 4.78 is 0. The molecule has 0 saturated heterocycles. The van der Waals surface area contributed by atoms with E-state index in [9.17, 15) is 9.59 Å². The summed E-state index contributed by atoms with van der Waals surface area (Å²) in [6.07, 6.45) is 0. The summed E-state index contributed by atoms with van der Waals surface area (Å²) in [6.45, 7) is 0. The molecule has 0 atom stereocenters. The topological polar surface area (TPSA) is 78.4 Å². The normalized spacial score (nSPS) is 9.85. The molecule has 5 nitrogen and oxygen atoms in total. The first-order valence-electron chi connectivity index (χ1n) is 5.75. The maximum absolute atomic E-state index is 11.8. The fraction of sp³-hybridized carbons (Fsp3) is 0. The van der Waals surface area contributed by atoms with Crippen molar-refractivity contribution in [2.45, 2.75) is 4.90 Å². The van der Waals surface area contributed by atoms with Gasteiger partial charge in [-0.3, -0.25) is 0 Å². The first kappa shape index (κ1) is 14.0. The Labute approximate surface area is 121 Å². The summed E-state index contributed by atoms with van der Waals surface area (Å²) in [5, 5.41) is 14.1. The molecule has 0 aliphatic carbocycles. The van der Waals surface area contributed by atoms with Crippen molar-refractivity contribution in [3.8, 4) is 0 Å². The molecule has 0 fully saturated rings. The molecule has 0 bridgehead atoms. The van der Waals surface area contributed by atoms with Crippen molar-refractivity contribution in [2.24, 2.45) is 0 Å². The van der Waals surface area contributed by atoms with Gasteiger partial charge < -0.3 is 15.7 Å². The maximum Gasteiger partial charge on any atom is 0.335 e. The number of benzene rings is 2. The SMILES string of the molecule is O=C(Nc1ccc(S)cc1)Nc1cccc(C(=O)O)c1. The van der Waals surface area contributed by atoms with E-state index in [0.717, 1.165) is 4.90 Å². The van der Waals surface area contributed by atoms with Gasteiger partial charge in [0.1, 0.15) is 0 Å². The number of hydrogen-bond donors (Lipinski definition) is 4. The zero-order valence-corrected chi connectivity index (χ0v) is 11.2. The quantitative estimate of drug-likeness (QED) is 0.654. The van der Waals surface area contributed by atoms with Gasteiger partial charge >= 0.3 is 12.0 Å². The third-order valence-corrected chi connectivity index (χ3v) is 2.79. The summed E-state index contributed by atoms with van der Waals surface area (Å²) in [5.74, 6) is -1.04. The van der Waals surface area contributed by atoms with Crippen molar-refractivity contribution in [2.75, 3.05) is 10.6 Å². The fourth-order valence-electron chi connectivity index (χ4n) is 1.57. The molecule has 2 amide bonds. The van der Waals surface area contributed by atoms with Crippen LogP contribution in [0.2, 0.25) is 0 Å². The molecule has 20 heavy (non-hydrogen) atoms. The van der Waals surface area contributed by atoms with E-state index < -0.39 is 12.0 Å². The molecule has 0 aliphatic heterocycles. The lowest BCUT2D eigenvalue weighted by atomic mass is 10.2. The number of carbonyl (C=O) groups excluding carboxylic acids is 1. The Morgan fingerprint density at radius 3 is 2.25 bits per heavy atom. The summed E-state index contributed by atoms with van der Waals surface area (Å²) in [4.78, 5) is 23.4. The number of urea groups is 1. The van der Waals surface area contributed by atoms with Gasteiger partial charge in [-0.25, -0.2) is 9.59 Å². The van der Waals surface area contributed by atoms with Crippen LogP contribution >= 0.6 is 12.6 Å². The lowest BCUT2D eigenvalue weighted by Gasteiger charge is -2.08. The summed E-state index contributed by atoms with van der Waals surface area (Å²) in [6, 6.07) is 12.5. The van der Waals surface area contributed by atoms with Gasteiger partial charge in [-0.2, -0.15) is 0 Å².